The van der Waals surface area contributed by atoms with Crippen molar-refractivity contribution in [3.8, 4) is 0 Å². The minimum Gasteiger partial charge on any atom is -0.347 e. The third kappa shape index (κ3) is 3.91. The lowest BCUT2D eigenvalue weighted by Crippen LogP contribution is -2.25. The van der Waals surface area contributed by atoms with Gasteiger partial charge in [-0.2, -0.15) is 0 Å². The largest absolute Gasteiger partial charge is 0.347 e. The highest BCUT2D eigenvalue weighted by molar-refractivity contribution is 5.92. The maximum atomic E-state index is 12.5. The standard InChI is InChI=1S/C20H21N3O/c21-13-16-8-10-17(11-9-16)14-22-20(24)19-7-4-12-23(19)15-18-5-2-1-3-6-18/h1-12H,13-15,21H2,(H,22,24). The van der Waals surface area contributed by atoms with Gasteiger partial charge in [-0.25, -0.2) is 0 Å². The molecule has 0 spiro atoms. The lowest BCUT2D eigenvalue weighted by atomic mass is 10.1. The van der Waals surface area contributed by atoms with E-state index < -0.39 is 0 Å². The van der Waals surface area contributed by atoms with Gasteiger partial charge in [0.25, 0.3) is 5.91 Å². The van der Waals surface area contributed by atoms with Crippen LogP contribution in [0.25, 0.3) is 0 Å². The van der Waals surface area contributed by atoms with Gasteiger partial charge in [0.05, 0.1) is 0 Å². The summed E-state index contributed by atoms with van der Waals surface area (Å²) >= 11 is 0. The van der Waals surface area contributed by atoms with Crippen molar-refractivity contribution in [3.63, 3.8) is 0 Å². The van der Waals surface area contributed by atoms with Gasteiger partial charge in [-0.3, -0.25) is 4.79 Å². The number of nitrogens with two attached hydrogens (primary N) is 1. The predicted molar refractivity (Wildman–Crippen MR) is 95.5 cm³/mol. The van der Waals surface area contributed by atoms with Crippen LogP contribution in [-0.2, 0) is 19.6 Å². The molecule has 0 aliphatic rings. The highest BCUT2D eigenvalue weighted by atomic mass is 16.1. The zero-order valence-corrected chi connectivity index (χ0v) is 13.5. The number of amides is 1. The average Bonchev–Trinajstić information content (AvgIpc) is 3.09. The Morgan fingerprint density at radius 2 is 1.58 bits per heavy atom. The molecule has 0 saturated carbocycles. The van der Waals surface area contributed by atoms with Gasteiger partial charge >= 0.3 is 0 Å². The van der Waals surface area contributed by atoms with Crippen LogP contribution in [0.4, 0.5) is 0 Å². The zero-order chi connectivity index (χ0) is 16.8. The minimum atomic E-state index is -0.0705. The Labute approximate surface area is 141 Å². The second kappa shape index (κ2) is 7.62. The van der Waals surface area contributed by atoms with E-state index >= 15 is 0 Å². The van der Waals surface area contributed by atoms with E-state index in [-0.39, 0.29) is 5.91 Å². The van der Waals surface area contributed by atoms with Gasteiger partial charge in [0.15, 0.2) is 0 Å². The number of aromatic nitrogens is 1. The molecule has 0 aliphatic heterocycles. The van der Waals surface area contributed by atoms with Gasteiger partial charge in [-0.1, -0.05) is 54.6 Å². The third-order valence-electron chi connectivity index (χ3n) is 3.97. The van der Waals surface area contributed by atoms with E-state index in [0.717, 1.165) is 11.1 Å². The summed E-state index contributed by atoms with van der Waals surface area (Å²) in [5.74, 6) is -0.0705. The molecule has 3 rings (SSSR count). The van der Waals surface area contributed by atoms with Crippen molar-refractivity contribution in [3.05, 3.63) is 95.3 Å². The summed E-state index contributed by atoms with van der Waals surface area (Å²) < 4.78 is 1.96. The predicted octanol–water partition coefficient (Wildman–Crippen LogP) is 2.93. The van der Waals surface area contributed by atoms with Gasteiger partial charge in [0.2, 0.25) is 0 Å². The molecule has 2 aromatic carbocycles. The average molecular weight is 319 g/mol. The third-order valence-corrected chi connectivity index (χ3v) is 3.97. The summed E-state index contributed by atoms with van der Waals surface area (Å²) in [7, 11) is 0. The second-order valence-corrected chi connectivity index (χ2v) is 5.71. The van der Waals surface area contributed by atoms with Gasteiger partial charge < -0.3 is 15.6 Å². The molecule has 4 heteroatoms. The highest BCUT2D eigenvalue weighted by Crippen LogP contribution is 2.09. The molecule has 0 aliphatic carbocycles. The van der Waals surface area contributed by atoms with Crippen molar-refractivity contribution in [2.45, 2.75) is 19.6 Å². The Kier molecular flexibility index (Phi) is 5.08. The molecule has 122 valence electrons. The van der Waals surface area contributed by atoms with Crippen molar-refractivity contribution in [1.82, 2.24) is 9.88 Å². The molecular formula is C20H21N3O. The van der Waals surface area contributed by atoms with E-state index in [0.29, 0.717) is 25.3 Å². The maximum absolute atomic E-state index is 12.5. The fourth-order valence-electron chi connectivity index (χ4n) is 2.60. The van der Waals surface area contributed by atoms with Crippen molar-refractivity contribution >= 4 is 5.91 Å². The van der Waals surface area contributed by atoms with Gasteiger partial charge in [0, 0.05) is 25.8 Å². The first kappa shape index (κ1) is 16.0. The number of carbonyl (C=O) groups excluding carboxylic acids is 1. The number of nitrogens with zero attached hydrogens (tertiary/aromatic N) is 1. The molecule has 0 radical (unpaired) electrons. The molecule has 1 amide bonds. The maximum Gasteiger partial charge on any atom is 0.268 e. The van der Waals surface area contributed by atoms with Crippen molar-refractivity contribution in [2.75, 3.05) is 0 Å². The number of hydrogen-bond acceptors (Lipinski definition) is 2. The number of benzene rings is 2. The molecule has 24 heavy (non-hydrogen) atoms. The molecule has 0 bridgehead atoms. The quantitative estimate of drug-likeness (QED) is 0.734. The first-order valence-electron chi connectivity index (χ1n) is 8.01. The SMILES string of the molecule is NCc1ccc(CNC(=O)c2cccn2Cc2ccccc2)cc1. The second-order valence-electron chi connectivity index (χ2n) is 5.71. The van der Waals surface area contributed by atoms with Crippen LogP contribution in [0.2, 0.25) is 0 Å². The smallest absolute Gasteiger partial charge is 0.268 e. The van der Waals surface area contributed by atoms with E-state index in [1.807, 2.05) is 65.4 Å². The van der Waals surface area contributed by atoms with Gasteiger partial charge in [0.1, 0.15) is 5.69 Å². The summed E-state index contributed by atoms with van der Waals surface area (Å²) in [6.07, 6.45) is 1.93. The fourth-order valence-corrected chi connectivity index (χ4v) is 2.60. The summed E-state index contributed by atoms with van der Waals surface area (Å²) in [5, 5.41) is 2.97. The monoisotopic (exact) mass is 319 g/mol. The van der Waals surface area contributed by atoms with Crippen molar-refractivity contribution in [2.24, 2.45) is 5.73 Å². The molecule has 0 fully saturated rings. The van der Waals surface area contributed by atoms with E-state index in [2.05, 4.69) is 17.4 Å². The molecule has 3 aromatic rings. The zero-order valence-electron chi connectivity index (χ0n) is 13.5. The first-order chi connectivity index (χ1) is 11.8. The van der Waals surface area contributed by atoms with E-state index in [9.17, 15) is 4.79 Å². The van der Waals surface area contributed by atoms with Crippen LogP contribution >= 0.6 is 0 Å². The summed E-state index contributed by atoms with van der Waals surface area (Å²) in [5.41, 5.74) is 9.57. The van der Waals surface area contributed by atoms with Gasteiger partial charge in [-0.05, 0) is 28.8 Å². The molecule has 0 atom stereocenters. The molecule has 0 unspecified atom stereocenters. The molecule has 0 saturated heterocycles. The Hall–Kier alpha value is -2.85. The van der Waals surface area contributed by atoms with E-state index in [1.54, 1.807) is 0 Å². The van der Waals surface area contributed by atoms with E-state index in [1.165, 1.54) is 5.56 Å². The van der Waals surface area contributed by atoms with Crippen LogP contribution in [0, 0.1) is 0 Å². The summed E-state index contributed by atoms with van der Waals surface area (Å²) in [6, 6.07) is 21.8. The number of hydrogen-bond donors (Lipinski definition) is 2. The Bertz CT molecular complexity index is 791. The van der Waals surface area contributed by atoms with Crippen LogP contribution in [-0.4, -0.2) is 10.5 Å². The van der Waals surface area contributed by atoms with Crippen molar-refractivity contribution in [1.29, 1.82) is 0 Å². The molecule has 1 aromatic heterocycles. The summed E-state index contributed by atoms with van der Waals surface area (Å²) in [4.78, 5) is 12.5. The number of nitrogens with one attached hydrogen (secondary N) is 1. The normalized spacial score (nSPS) is 10.5. The molecule has 4 nitrogen and oxygen atoms in total. The van der Waals surface area contributed by atoms with Crippen LogP contribution in [0.1, 0.15) is 27.2 Å². The Morgan fingerprint density at radius 1 is 0.875 bits per heavy atom. The topological polar surface area (TPSA) is 60.0 Å². The molecular weight excluding hydrogens is 298 g/mol. The number of carbonyl (C=O) groups is 1. The lowest BCUT2D eigenvalue weighted by molar-refractivity contribution is 0.0942. The highest BCUT2D eigenvalue weighted by Gasteiger charge is 2.10. The molecule has 3 N–H and O–H groups in total. The van der Waals surface area contributed by atoms with Crippen LogP contribution < -0.4 is 11.1 Å². The van der Waals surface area contributed by atoms with Crippen LogP contribution in [0.3, 0.4) is 0 Å². The van der Waals surface area contributed by atoms with Crippen molar-refractivity contribution < 1.29 is 4.79 Å². The van der Waals surface area contributed by atoms with Gasteiger partial charge in [-0.15, -0.1) is 0 Å². The van der Waals surface area contributed by atoms with E-state index in [4.69, 9.17) is 5.73 Å². The fraction of sp³-hybridized carbons (Fsp3) is 0.150. The van der Waals surface area contributed by atoms with Crippen LogP contribution in [0.15, 0.2) is 72.9 Å². The Balaban J connectivity index is 1.64. The first-order valence-corrected chi connectivity index (χ1v) is 8.01. The molecule has 1 heterocycles. The summed E-state index contributed by atoms with van der Waals surface area (Å²) in [6.45, 7) is 1.71. The lowest BCUT2D eigenvalue weighted by Gasteiger charge is -2.10. The van der Waals surface area contributed by atoms with Crippen LogP contribution in [0.5, 0.6) is 0 Å². The number of rotatable bonds is 6. The minimum absolute atomic E-state index is 0.0705. The Morgan fingerprint density at radius 3 is 2.29 bits per heavy atom.